The zero-order valence-corrected chi connectivity index (χ0v) is 44.5. The maximum absolute atomic E-state index is 14.2. The van der Waals surface area contributed by atoms with Gasteiger partial charge in [-0.05, 0) is 123 Å². The molecule has 8 bridgehead atoms. The lowest BCUT2D eigenvalue weighted by atomic mass is 10.2. The van der Waals surface area contributed by atoms with Crippen LogP contribution in [0, 0.1) is 0 Å². The van der Waals surface area contributed by atoms with E-state index in [-0.39, 0.29) is 94.2 Å². The van der Waals surface area contributed by atoms with Crippen LogP contribution in [0.1, 0.15) is 25.7 Å². The Morgan fingerprint density at radius 3 is 0.608 bits per heavy atom. The highest BCUT2D eigenvalue weighted by Crippen LogP contribution is 2.34. The molecule has 0 amide bonds. The second kappa shape index (κ2) is 20.8. The van der Waals surface area contributed by atoms with Gasteiger partial charge >= 0.3 is 0 Å². The third-order valence-corrected chi connectivity index (χ3v) is 24.8. The van der Waals surface area contributed by atoms with E-state index in [2.05, 4.69) is 0 Å². The van der Waals surface area contributed by atoms with E-state index in [1.807, 2.05) is 0 Å². The molecule has 4 aromatic carbocycles. The van der Waals surface area contributed by atoms with E-state index in [1.54, 1.807) is 48.6 Å². The van der Waals surface area contributed by atoms with E-state index in [9.17, 15) is 50.5 Å². The van der Waals surface area contributed by atoms with E-state index in [4.69, 9.17) is 0 Å². The van der Waals surface area contributed by atoms with Gasteiger partial charge in [0.25, 0.3) is 0 Å². The lowest BCUT2D eigenvalue weighted by molar-refractivity contribution is 0.580. The topological polar surface area (TPSA) is 218 Å². The van der Waals surface area contributed by atoms with Crippen LogP contribution in [0.5, 0.6) is 0 Å². The molecule has 4 aromatic rings. The fraction of sp³-hybridized carbons (Fsp3) is 0.231. The summed E-state index contributed by atoms with van der Waals surface area (Å²) in [5, 5.41) is -4.09. The van der Waals surface area contributed by atoms with Crippen LogP contribution in [0.3, 0.4) is 0 Å². The summed E-state index contributed by atoms with van der Waals surface area (Å²) >= 11 is 0. The molecule has 0 aromatic heterocycles. The summed E-state index contributed by atoms with van der Waals surface area (Å²) in [6.45, 7) is -0.479. The van der Waals surface area contributed by atoms with E-state index in [0.717, 1.165) is 0 Å². The van der Waals surface area contributed by atoms with Crippen molar-refractivity contribution in [2.24, 2.45) is 0 Å². The number of allylic oxidation sites excluding steroid dienone is 8. The number of benzene rings is 4. The third-order valence-electron chi connectivity index (χ3n) is 13.1. The smallest absolute Gasteiger partial charge is 0.245 e. The molecule has 0 saturated carbocycles. The molecule has 15 rings (SSSR count). The molecule has 0 spiro atoms. The molecule has 7 aliphatic heterocycles. The van der Waals surface area contributed by atoms with Crippen LogP contribution in [-0.4, -0.2) is 97.7 Å². The normalized spacial score (nSPS) is 20.1. The first-order chi connectivity index (χ1) is 35.2. The molecule has 16 nitrogen and oxygen atoms in total. The monoisotopic (exact) mass is 1120 g/mol. The molecule has 388 valence electrons. The summed E-state index contributed by atoms with van der Waals surface area (Å²) in [5.74, 6) is 0. The average molecular weight is 1120 g/mol. The van der Waals surface area contributed by atoms with Gasteiger partial charge in [-0.15, -0.1) is 0 Å². The summed E-state index contributed by atoms with van der Waals surface area (Å²) in [6, 6.07) is 21.3. The highest BCUT2D eigenvalue weighted by molar-refractivity contribution is 7.95. The van der Waals surface area contributed by atoms with Crippen LogP contribution in [-0.2, 0) is 59.8 Å². The first-order valence-corrected chi connectivity index (χ1v) is 32.6. The number of sulfonamides is 4. The fourth-order valence-electron chi connectivity index (χ4n) is 9.10. The van der Waals surface area contributed by atoms with Crippen LogP contribution < -0.4 is 17.2 Å². The Bertz CT molecular complexity index is 3210. The molecule has 0 N–H and O–H groups in total. The van der Waals surface area contributed by atoms with E-state index >= 15 is 0 Å². The predicted octanol–water partition coefficient (Wildman–Crippen LogP) is 7.15. The Labute approximate surface area is 434 Å². The molecule has 0 saturated heterocycles. The van der Waals surface area contributed by atoms with Crippen LogP contribution in [0.15, 0.2) is 214 Å². The maximum atomic E-state index is 14.2. The Balaban J connectivity index is 1.10. The van der Waals surface area contributed by atoms with Crippen LogP contribution in [0.2, 0.25) is 0 Å². The van der Waals surface area contributed by atoms with Gasteiger partial charge in [0.05, 0.1) is 42.3 Å². The van der Waals surface area contributed by atoms with Gasteiger partial charge in [-0.2, -0.15) is 0 Å². The minimum atomic E-state index is -4.25. The average Bonchev–Trinajstić information content (AvgIpc) is 4.25. The van der Waals surface area contributed by atoms with Gasteiger partial charge in [0, 0.05) is 26.2 Å². The van der Waals surface area contributed by atoms with Gasteiger partial charge in [-0.3, -0.25) is 17.2 Å². The number of hydrogen-bond donors (Lipinski definition) is 0. The molecular formula is C52H52N4O12S6. The van der Waals surface area contributed by atoms with Gasteiger partial charge in [-0.25, -0.2) is 50.5 Å². The Morgan fingerprint density at radius 2 is 0.446 bits per heavy atom. The molecule has 0 unspecified atom stereocenters. The number of rotatable bonds is 8. The minimum Gasteiger partial charge on any atom is -0.269 e. The van der Waals surface area contributed by atoms with Crippen molar-refractivity contribution in [1.29, 1.82) is 0 Å². The molecule has 74 heavy (non-hydrogen) atoms. The van der Waals surface area contributed by atoms with Crippen molar-refractivity contribution in [3.63, 3.8) is 0 Å². The van der Waals surface area contributed by atoms with Crippen LogP contribution in [0.25, 0.3) is 0 Å². The molecule has 0 fully saturated rings. The Hall–Kier alpha value is -6.30. The predicted molar refractivity (Wildman–Crippen MR) is 288 cm³/mol. The maximum Gasteiger partial charge on any atom is 0.245 e. The largest absolute Gasteiger partial charge is 0.269 e. The number of sulfone groups is 2. The van der Waals surface area contributed by atoms with Crippen molar-refractivity contribution in [3.8, 4) is 0 Å². The van der Waals surface area contributed by atoms with Crippen molar-refractivity contribution in [2.75, 3.05) is 43.4 Å². The molecule has 4 aliphatic carbocycles. The van der Waals surface area contributed by atoms with Crippen molar-refractivity contribution in [3.05, 3.63) is 194 Å². The quantitative estimate of drug-likeness (QED) is 0.172. The third kappa shape index (κ3) is 10.3. The SMILES string of the molecule is O=S1(=O)c2ccc(cc2)N(S(=O)(=O)C2C=CC=C2)CCCCN(S(=O)(=O)C2C=CC=C2)c2ccc(cc2)S(=O)(=O)c2ccc(cc2)N(S(=O)(=O)C2C=CC=C2)CCCCN(S(=O)(=O)C2C=CC=C2)c2ccc1cc2. The number of hydrogen-bond acceptors (Lipinski definition) is 12. The van der Waals surface area contributed by atoms with Gasteiger partial charge in [0.2, 0.25) is 59.8 Å². The van der Waals surface area contributed by atoms with E-state index in [0.29, 0.717) is 0 Å². The second-order valence-electron chi connectivity index (χ2n) is 17.8. The number of anilines is 4. The fourth-order valence-corrected chi connectivity index (χ4v) is 18.3. The Kier molecular flexibility index (Phi) is 14.8. The van der Waals surface area contributed by atoms with Gasteiger partial charge < -0.3 is 0 Å². The van der Waals surface area contributed by atoms with Gasteiger partial charge in [0.1, 0.15) is 21.0 Å². The summed E-state index contributed by atoms with van der Waals surface area (Å²) in [6.07, 6.45) is 25.5. The van der Waals surface area contributed by atoms with Crippen molar-refractivity contribution in [1.82, 2.24) is 0 Å². The van der Waals surface area contributed by atoms with Crippen LogP contribution >= 0.6 is 0 Å². The molecule has 0 atom stereocenters. The zero-order chi connectivity index (χ0) is 52.5. The van der Waals surface area contributed by atoms with Crippen molar-refractivity contribution < 1.29 is 50.5 Å². The van der Waals surface area contributed by atoms with E-state index in [1.165, 1.54) is 163 Å². The minimum absolute atomic E-state index is 0.120. The second-order valence-corrected chi connectivity index (χ2v) is 29.8. The van der Waals surface area contributed by atoms with Gasteiger partial charge in [0.15, 0.2) is 0 Å². The molecule has 7 heterocycles. The summed E-state index contributed by atoms with van der Waals surface area (Å²) in [7, 11) is -25.0. The zero-order valence-electron chi connectivity index (χ0n) is 39.6. The lowest BCUT2D eigenvalue weighted by Gasteiger charge is -2.29. The summed E-state index contributed by atoms with van der Waals surface area (Å²) in [4.78, 5) is -0.649. The van der Waals surface area contributed by atoms with Crippen molar-refractivity contribution in [2.45, 2.75) is 66.3 Å². The molecule has 11 aliphatic rings. The summed E-state index contributed by atoms with van der Waals surface area (Å²) in [5.41, 5.74) is 0.643. The summed E-state index contributed by atoms with van der Waals surface area (Å²) < 4.78 is 175. The first-order valence-electron chi connectivity index (χ1n) is 23.6. The van der Waals surface area contributed by atoms with Gasteiger partial charge in [-0.1, -0.05) is 97.2 Å². The highest BCUT2D eigenvalue weighted by Gasteiger charge is 2.35. The molecular weight excluding hydrogens is 1060 g/mol. The Morgan fingerprint density at radius 1 is 0.284 bits per heavy atom. The van der Waals surface area contributed by atoms with Crippen LogP contribution in [0.4, 0.5) is 22.7 Å². The first kappa shape index (κ1) is 52.6. The molecule has 22 heteroatoms. The molecule has 0 radical (unpaired) electrons. The lowest BCUT2D eigenvalue weighted by Crippen LogP contribution is -2.39. The number of nitrogens with zero attached hydrogens (tertiary/aromatic N) is 4. The van der Waals surface area contributed by atoms with Crippen molar-refractivity contribution >= 4 is 82.5 Å². The van der Waals surface area contributed by atoms with E-state index < -0.39 is 80.8 Å². The standard InChI is InChI=1S/C52H52N4O12S6/c57-69(58)45-29-21-41(22-30-45)53(71(61,62)49-13-1-2-14-49)37-9-10-38-54(72(63,64)50-15-3-4-16-50)42-23-33-47(34-24-42)70(59,60)48-35-27-44(28-36-48)56(74(67,68)52-19-7-8-20-52)40-12-11-39-55(43-25-31-46(69)32-26-43)73(65,66)51-17-5-6-18-51/h1-8,13-36,49-52H,9-12,37-40H2. The highest BCUT2D eigenvalue weighted by atomic mass is 32.2.